The number of alkyl halides is 1. The molecule has 0 aliphatic heterocycles. The Morgan fingerprint density at radius 3 is 2.93 bits per heavy atom. The summed E-state index contributed by atoms with van der Waals surface area (Å²) in [5.41, 5.74) is 6.81. The van der Waals surface area contributed by atoms with E-state index in [1.54, 1.807) is 6.07 Å². The van der Waals surface area contributed by atoms with Crippen LogP contribution in [-0.4, -0.2) is 27.1 Å². The molecular formula is C9H9BrN4O. The second-order valence-corrected chi connectivity index (χ2v) is 3.65. The average Bonchev–Trinajstić information content (AvgIpc) is 2.26. The van der Waals surface area contributed by atoms with Crippen LogP contribution in [0.1, 0.15) is 0 Å². The van der Waals surface area contributed by atoms with E-state index < -0.39 is 0 Å². The number of nitrogens with two attached hydrogens (primary N) is 1. The molecule has 0 saturated carbocycles. The molecule has 0 fully saturated rings. The monoisotopic (exact) mass is 268 g/mol. The SMILES string of the molecule is Nc1nnc2cc(OCCBr)ccc2n1. The van der Waals surface area contributed by atoms with Gasteiger partial charge in [-0.3, -0.25) is 0 Å². The van der Waals surface area contributed by atoms with Gasteiger partial charge in [0.1, 0.15) is 11.3 Å². The molecule has 1 heterocycles. The van der Waals surface area contributed by atoms with E-state index in [1.165, 1.54) is 0 Å². The topological polar surface area (TPSA) is 73.9 Å². The van der Waals surface area contributed by atoms with E-state index in [-0.39, 0.29) is 5.95 Å². The summed E-state index contributed by atoms with van der Waals surface area (Å²) in [6.45, 7) is 0.612. The standard InChI is InChI=1S/C9H9BrN4O/c10-3-4-15-6-1-2-7-8(5-6)13-14-9(11)12-7/h1-2,5H,3-4H2,(H2,11,12,14). The summed E-state index contributed by atoms with van der Waals surface area (Å²) in [6.07, 6.45) is 0. The lowest BCUT2D eigenvalue weighted by atomic mass is 10.3. The number of anilines is 1. The highest BCUT2D eigenvalue weighted by Gasteiger charge is 2.01. The van der Waals surface area contributed by atoms with Crippen LogP contribution in [0.4, 0.5) is 5.95 Å². The van der Waals surface area contributed by atoms with Gasteiger partial charge in [0.2, 0.25) is 5.95 Å². The van der Waals surface area contributed by atoms with Crippen LogP contribution in [0.5, 0.6) is 5.75 Å². The molecular weight excluding hydrogens is 260 g/mol. The first-order valence-electron chi connectivity index (χ1n) is 4.38. The molecule has 0 unspecified atom stereocenters. The van der Waals surface area contributed by atoms with Gasteiger partial charge in [-0.1, -0.05) is 15.9 Å². The number of hydrogen-bond acceptors (Lipinski definition) is 5. The zero-order valence-electron chi connectivity index (χ0n) is 7.85. The van der Waals surface area contributed by atoms with Crippen molar-refractivity contribution in [2.45, 2.75) is 0 Å². The molecule has 2 N–H and O–H groups in total. The number of halogens is 1. The summed E-state index contributed by atoms with van der Waals surface area (Å²) in [7, 11) is 0. The maximum absolute atomic E-state index is 5.42. The van der Waals surface area contributed by atoms with Crippen molar-refractivity contribution in [3.63, 3.8) is 0 Å². The number of ether oxygens (including phenoxy) is 1. The Balaban J connectivity index is 2.34. The van der Waals surface area contributed by atoms with E-state index in [0.29, 0.717) is 17.6 Å². The van der Waals surface area contributed by atoms with Crippen LogP contribution in [0, 0.1) is 0 Å². The van der Waals surface area contributed by atoms with Crippen LogP contribution < -0.4 is 10.5 Å². The van der Waals surface area contributed by atoms with Gasteiger partial charge < -0.3 is 10.5 Å². The van der Waals surface area contributed by atoms with E-state index in [1.807, 2.05) is 12.1 Å². The lowest BCUT2D eigenvalue weighted by Crippen LogP contribution is -2.00. The van der Waals surface area contributed by atoms with Gasteiger partial charge in [0.25, 0.3) is 0 Å². The van der Waals surface area contributed by atoms with E-state index in [4.69, 9.17) is 10.5 Å². The maximum Gasteiger partial charge on any atom is 0.240 e. The van der Waals surface area contributed by atoms with Gasteiger partial charge >= 0.3 is 0 Å². The third-order valence-corrected chi connectivity index (χ3v) is 2.11. The van der Waals surface area contributed by atoms with Gasteiger partial charge in [-0.15, -0.1) is 10.2 Å². The highest BCUT2D eigenvalue weighted by atomic mass is 79.9. The first-order valence-corrected chi connectivity index (χ1v) is 5.50. The first-order chi connectivity index (χ1) is 7.29. The van der Waals surface area contributed by atoms with Crippen LogP contribution in [-0.2, 0) is 0 Å². The Bertz CT molecular complexity index is 477. The smallest absolute Gasteiger partial charge is 0.240 e. The van der Waals surface area contributed by atoms with Crippen molar-refractivity contribution in [1.29, 1.82) is 0 Å². The number of rotatable bonds is 3. The lowest BCUT2D eigenvalue weighted by Gasteiger charge is -2.04. The molecule has 6 heteroatoms. The fourth-order valence-corrected chi connectivity index (χ4v) is 1.34. The number of fused-ring (bicyclic) bond motifs is 1. The van der Waals surface area contributed by atoms with Crippen LogP contribution in [0.2, 0.25) is 0 Å². The third-order valence-electron chi connectivity index (χ3n) is 1.79. The predicted octanol–water partition coefficient (Wildman–Crippen LogP) is 1.38. The maximum atomic E-state index is 5.42. The van der Waals surface area contributed by atoms with E-state index in [9.17, 15) is 0 Å². The molecule has 0 saturated heterocycles. The Labute approximate surface area is 94.8 Å². The summed E-state index contributed by atoms with van der Waals surface area (Å²) in [4.78, 5) is 4.04. The van der Waals surface area contributed by atoms with Crippen LogP contribution in [0.3, 0.4) is 0 Å². The molecule has 1 aromatic heterocycles. The molecule has 1 aromatic carbocycles. The number of aromatic nitrogens is 3. The molecule has 0 amide bonds. The second-order valence-electron chi connectivity index (χ2n) is 2.86. The Morgan fingerprint density at radius 2 is 2.13 bits per heavy atom. The summed E-state index contributed by atoms with van der Waals surface area (Å²) in [5.74, 6) is 0.930. The van der Waals surface area contributed by atoms with Gasteiger partial charge in [-0.05, 0) is 12.1 Å². The zero-order valence-corrected chi connectivity index (χ0v) is 9.44. The highest BCUT2D eigenvalue weighted by Crippen LogP contribution is 2.17. The van der Waals surface area contributed by atoms with Crippen molar-refractivity contribution in [1.82, 2.24) is 15.2 Å². The molecule has 5 nitrogen and oxygen atoms in total. The largest absolute Gasteiger partial charge is 0.493 e. The first kappa shape index (κ1) is 10.1. The van der Waals surface area contributed by atoms with E-state index in [2.05, 4.69) is 31.1 Å². The van der Waals surface area contributed by atoms with Gasteiger partial charge in [0.05, 0.1) is 12.1 Å². The number of nitrogens with zero attached hydrogens (tertiary/aromatic N) is 3. The normalized spacial score (nSPS) is 10.5. The highest BCUT2D eigenvalue weighted by molar-refractivity contribution is 9.09. The van der Waals surface area contributed by atoms with E-state index >= 15 is 0 Å². The van der Waals surface area contributed by atoms with Crippen molar-refractivity contribution in [3.05, 3.63) is 18.2 Å². The fourth-order valence-electron chi connectivity index (χ4n) is 1.17. The molecule has 0 atom stereocenters. The van der Waals surface area contributed by atoms with Gasteiger partial charge in [0.15, 0.2) is 0 Å². The van der Waals surface area contributed by atoms with Crippen molar-refractivity contribution >= 4 is 32.9 Å². The summed E-state index contributed by atoms with van der Waals surface area (Å²) in [5, 5.41) is 8.39. The molecule has 2 rings (SSSR count). The molecule has 0 spiro atoms. The molecule has 0 bridgehead atoms. The molecule has 15 heavy (non-hydrogen) atoms. The van der Waals surface area contributed by atoms with Crippen LogP contribution >= 0.6 is 15.9 Å². The van der Waals surface area contributed by atoms with Crippen molar-refractivity contribution < 1.29 is 4.74 Å². The zero-order chi connectivity index (χ0) is 10.7. The Morgan fingerprint density at radius 1 is 1.27 bits per heavy atom. The average molecular weight is 269 g/mol. The van der Waals surface area contributed by atoms with Crippen LogP contribution in [0.15, 0.2) is 18.2 Å². The third kappa shape index (κ3) is 2.33. The Hall–Kier alpha value is -1.43. The summed E-state index contributed by atoms with van der Waals surface area (Å²) >= 11 is 3.28. The summed E-state index contributed by atoms with van der Waals surface area (Å²) < 4.78 is 5.42. The van der Waals surface area contributed by atoms with Crippen LogP contribution in [0.25, 0.3) is 11.0 Å². The molecule has 0 aliphatic rings. The molecule has 0 radical (unpaired) electrons. The second kappa shape index (κ2) is 4.39. The van der Waals surface area contributed by atoms with E-state index in [0.717, 1.165) is 11.1 Å². The van der Waals surface area contributed by atoms with Gasteiger partial charge in [-0.2, -0.15) is 0 Å². The molecule has 0 aliphatic carbocycles. The predicted molar refractivity (Wildman–Crippen MR) is 61.0 cm³/mol. The van der Waals surface area contributed by atoms with Gasteiger partial charge in [0, 0.05) is 11.4 Å². The van der Waals surface area contributed by atoms with Gasteiger partial charge in [-0.25, -0.2) is 4.98 Å². The fraction of sp³-hybridized carbons (Fsp3) is 0.222. The number of benzene rings is 1. The van der Waals surface area contributed by atoms with Crippen molar-refractivity contribution in [2.24, 2.45) is 0 Å². The quantitative estimate of drug-likeness (QED) is 0.852. The van der Waals surface area contributed by atoms with Crippen molar-refractivity contribution in [2.75, 3.05) is 17.7 Å². The minimum Gasteiger partial charge on any atom is -0.493 e. The van der Waals surface area contributed by atoms with Crippen molar-refractivity contribution in [3.8, 4) is 5.75 Å². The molecule has 78 valence electrons. The number of hydrogen-bond donors (Lipinski definition) is 1. The summed E-state index contributed by atoms with van der Waals surface area (Å²) in [6, 6.07) is 5.43. The molecule has 2 aromatic rings. The lowest BCUT2D eigenvalue weighted by molar-refractivity contribution is 0.345. The number of nitrogen functional groups attached to an aromatic ring is 1. The minimum atomic E-state index is 0.177. The Kier molecular flexibility index (Phi) is 2.96. The minimum absolute atomic E-state index is 0.177.